The van der Waals surface area contributed by atoms with Crippen LogP contribution in [0.25, 0.3) is 0 Å². The summed E-state index contributed by atoms with van der Waals surface area (Å²) in [4.78, 5) is 57.5. The maximum Gasteiger partial charge on any atom is 0.408 e. The minimum Gasteiger partial charge on any atom is -0.458 e. The summed E-state index contributed by atoms with van der Waals surface area (Å²) in [5.74, 6) is -1.76. The van der Waals surface area contributed by atoms with Crippen LogP contribution < -0.4 is 10.6 Å². The number of hydrogen-bond acceptors (Lipinski definition) is 6. The SMILES string of the molecule is CCCCCCCN(C(=O)C(NC(=O)OC(C)(C)C)C(C)C)C(C(=O)NC(Cc1ccccc1)C(=O)OC(C)(C)C)c1ccc(C)cc1C. The molecule has 49 heavy (non-hydrogen) atoms. The molecule has 3 amide bonds. The molecule has 0 aromatic heterocycles. The van der Waals surface area contributed by atoms with E-state index in [1.165, 1.54) is 0 Å². The highest BCUT2D eigenvalue weighted by molar-refractivity contribution is 5.94. The van der Waals surface area contributed by atoms with Gasteiger partial charge >= 0.3 is 12.1 Å². The summed E-state index contributed by atoms with van der Waals surface area (Å²) in [5, 5.41) is 5.79. The second-order valence-electron chi connectivity index (χ2n) is 15.4. The monoisotopic (exact) mass is 679 g/mol. The van der Waals surface area contributed by atoms with Crippen molar-refractivity contribution in [1.29, 1.82) is 0 Å². The highest BCUT2D eigenvalue weighted by Gasteiger charge is 2.39. The van der Waals surface area contributed by atoms with Gasteiger partial charge in [0.05, 0.1) is 0 Å². The molecule has 0 aliphatic carbocycles. The van der Waals surface area contributed by atoms with Gasteiger partial charge in [-0.3, -0.25) is 9.59 Å². The van der Waals surface area contributed by atoms with Gasteiger partial charge in [-0.1, -0.05) is 101 Å². The molecular formula is C40H61N3O6. The molecule has 0 bridgehead atoms. The molecule has 3 unspecified atom stereocenters. The van der Waals surface area contributed by atoms with E-state index in [1.54, 1.807) is 46.4 Å². The Bertz CT molecular complexity index is 1380. The van der Waals surface area contributed by atoms with Crippen LogP contribution in [0.5, 0.6) is 0 Å². The highest BCUT2D eigenvalue weighted by Crippen LogP contribution is 2.29. The van der Waals surface area contributed by atoms with Gasteiger partial charge < -0.3 is 25.0 Å². The molecule has 0 aliphatic rings. The number of nitrogens with one attached hydrogen (secondary N) is 2. The molecule has 2 rings (SSSR count). The Morgan fingerprint density at radius 1 is 0.796 bits per heavy atom. The molecule has 3 atom stereocenters. The second kappa shape index (κ2) is 18.8. The van der Waals surface area contributed by atoms with Crippen LogP contribution in [0, 0.1) is 19.8 Å². The summed E-state index contributed by atoms with van der Waals surface area (Å²) in [6.07, 6.45) is 4.18. The number of carbonyl (C=O) groups excluding carboxylic acids is 4. The average molecular weight is 680 g/mol. The number of alkyl carbamates (subject to hydrolysis) is 1. The molecule has 0 saturated carbocycles. The van der Waals surface area contributed by atoms with Crippen molar-refractivity contribution in [3.05, 3.63) is 70.8 Å². The summed E-state index contributed by atoms with van der Waals surface area (Å²) in [7, 11) is 0. The summed E-state index contributed by atoms with van der Waals surface area (Å²) < 4.78 is 11.3. The van der Waals surface area contributed by atoms with Crippen LogP contribution in [-0.2, 0) is 30.3 Å². The van der Waals surface area contributed by atoms with Gasteiger partial charge in [0.2, 0.25) is 11.8 Å². The third-order valence-electron chi connectivity index (χ3n) is 7.96. The Labute approximate surface area is 294 Å². The van der Waals surface area contributed by atoms with E-state index in [1.807, 2.05) is 76.2 Å². The van der Waals surface area contributed by atoms with E-state index in [9.17, 15) is 19.2 Å². The van der Waals surface area contributed by atoms with E-state index in [-0.39, 0.29) is 18.9 Å². The second-order valence-corrected chi connectivity index (χ2v) is 15.4. The van der Waals surface area contributed by atoms with Crippen molar-refractivity contribution in [2.24, 2.45) is 5.92 Å². The Balaban J connectivity index is 2.66. The number of aryl methyl sites for hydroxylation is 2. The number of rotatable bonds is 16. The first-order valence-corrected chi connectivity index (χ1v) is 17.8. The number of nitrogens with zero attached hydrogens (tertiary/aromatic N) is 1. The third kappa shape index (κ3) is 14.2. The van der Waals surface area contributed by atoms with E-state index in [0.29, 0.717) is 12.0 Å². The zero-order valence-corrected chi connectivity index (χ0v) is 31.8. The van der Waals surface area contributed by atoms with Crippen LogP contribution in [0.2, 0.25) is 0 Å². The minimum absolute atomic E-state index is 0.209. The lowest BCUT2D eigenvalue weighted by Crippen LogP contribution is -2.56. The number of ether oxygens (including phenoxy) is 2. The van der Waals surface area contributed by atoms with Gasteiger partial charge in [-0.15, -0.1) is 0 Å². The molecule has 2 N–H and O–H groups in total. The van der Waals surface area contributed by atoms with Crippen molar-refractivity contribution in [2.45, 2.75) is 144 Å². The molecule has 2 aromatic rings. The first-order chi connectivity index (χ1) is 22.8. The molecule has 0 heterocycles. The van der Waals surface area contributed by atoms with Crippen molar-refractivity contribution in [2.75, 3.05) is 6.54 Å². The van der Waals surface area contributed by atoms with Crippen LogP contribution in [0.1, 0.15) is 123 Å². The van der Waals surface area contributed by atoms with Gasteiger partial charge in [0.1, 0.15) is 29.3 Å². The smallest absolute Gasteiger partial charge is 0.408 e. The fraction of sp³-hybridized carbons (Fsp3) is 0.600. The van der Waals surface area contributed by atoms with Gasteiger partial charge in [-0.25, -0.2) is 9.59 Å². The minimum atomic E-state index is -1.08. The van der Waals surface area contributed by atoms with E-state index >= 15 is 0 Å². The number of benzene rings is 2. The average Bonchev–Trinajstić information content (AvgIpc) is 2.98. The molecule has 272 valence electrons. The first-order valence-electron chi connectivity index (χ1n) is 17.8. The predicted molar refractivity (Wildman–Crippen MR) is 195 cm³/mol. The van der Waals surface area contributed by atoms with Crippen molar-refractivity contribution in [3.63, 3.8) is 0 Å². The maximum atomic E-state index is 14.7. The lowest BCUT2D eigenvalue weighted by Gasteiger charge is -2.37. The van der Waals surface area contributed by atoms with Crippen LogP contribution in [-0.4, -0.2) is 58.6 Å². The Hall–Kier alpha value is -3.88. The van der Waals surface area contributed by atoms with Crippen molar-refractivity contribution in [1.82, 2.24) is 15.5 Å². The summed E-state index contributed by atoms with van der Waals surface area (Å²) in [6, 6.07) is 12.2. The van der Waals surface area contributed by atoms with E-state index < -0.39 is 53.2 Å². The summed E-state index contributed by atoms with van der Waals surface area (Å²) in [5.41, 5.74) is 1.81. The largest absolute Gasteiger partial charge is 0.458 e. The van der Waals surface area contributed by atoms with Crippen LogP contribution in [0.3, 0.4) is 0 Å². The molecule has 9 nitrogen and oxygen atoms in total. The van der Waals surface area contributed by atoms with Gasteiger partial charge in [0, 0.05) is 13.0 Å². The van der Waals surface area contributed by atoms with Crippen molar-refractivity contribution >= 4 is 23.9 Å². The van der Waals surface area contributed by atoms with Gasteiger partial charge in [0.15, 0.2) is 0 Å². The van der Waals surface area contributed by atoms with E-state index in [4.69, 9.17) is 9.47 Å². The molecule has 0 fully saturated rings. The van der Waals surface area contributed by atoms with Gasteiger partial charge in [-0.05, 0) is 84.4 Å². The standard InChI is InChI=1S/C40H61N3O6/c1-12-13-14-15-19-24-43(36(45)33(27(2)3)42-38(47)49-40(9,10)11)34(31-23-22-28(4)25-29(31)5)35(44)41-32(37(46)48-39(6,7)8)26-30-20-17-16-18-21-30/h16-18,20-23,25,27,32-34H,12-15,19,24,26H2,1-11H3,(H,41,44)(H,42,47). The lowest BCUT2D eigenvalue weighted by molar-refractivity contribution is -0.159. The number of carbonyl (C=O) groups is 4. The molecule has 0 saturated heterocycles. The van der Waals surface area contributed by atoms with Gasteiger partial charge in [0.25, 0.3) is 0 Å². The zero-order chi connectivity index (χ0) is 36.9. The molecule has 0 aliphatic heterocycles. The fourth-order valence-corrected chi connectivity index (χ4v) is 5.63. The summed E-state index contributed by atoms with van der Waals surface area (Å²) >= 11 is 0. The van der Waals surface area contributed by atoms with Crippen LogP contribution >= 0.6 is 0 Å². The van der Waals surface area contributed by atoms with Crippen molar-refractivity contribution in [3.8, 4) is 0 Å². The first kappa shape index (κ1) is 41.3. The normalized spacial score (nSPS) is 13.6. The fourth-order valence-electron chi connectivity index (χ4n) is 5.63. The lowest BCUT2D eigenvalue weighted by atomic mass is 9.94. The maximum absolute atomic E-state index is 14.7. The van der Waals surface area contributed by atoms with E-state index in [2.05, 4.69) is 17.6 Å². The predicted octanol–water partition coefficient (Wildman–Crippen LogP) is 7.76. The zero-order valence-electron chi connectivity index (χ0n) is 31.8. The molecule has 2 aromatic carbocycles. The number of esters is 1. The number of amides is 3. The summed E-state index contributed by atoms with van der Waals surface area (Å²) in [6.45, 7) is 20.7. The van der Waals surface area contributed by atoms with Crippen molar-refractivity contribution < 1.29 is 28.7 Å². The van der Waals surface area contributed by atoms with Crippen LogP contribution in [0.4, 0.5) is 4.79 Å². The number of unbranched alkanes of at least 4 members (excludes halogenated alkanes) is 4. The van der Waals surface area contributed by atoms with Gasteiger partial charge in [-0.2, -0.15) is 0 Å². The topological polar surface area (TPSA) is 114 Å². The molecule has 0 spiro atoms. The Morgan fingerprint density at radius 3 is 1.96 bits per heavy atom. The number of hydrogen-bond donors (Lipinski definition) is 2. The molecular weight excluding hydrogens is 618 g/mol. The van der Waals surface area contributed by atoms with E-state index in [0.717, 1.165) is 42.4 Å². The highest BCUT2D eigenvalue weighted by atomic mass is 16.6. The third-order valence-corrected chi connectivity index (χ3v) is 7.96. The molecule has 0 radical (unpaired) electrons. The Kier molecular flexibility index (Phi) is 15.8. The Morgan fingerprint density at radius 2 is 1.41 bits per heavy atom. The van der Waals surface area contributed by atoms with Crippen LogP contribution in [0.15, 0.2) is 48.5 Å². The molecule has 9 heteroatoms. The quantitative estimate of drug-likeness (QED) is 0.139.